The molecule has 15 heavy (non-hydrogen) atoms. The summed E-state index contributed by atoms with van der Waals surface area (Å²) in [6.45, 7) is 6.31. The Morgan fingerprint density at radius 1 is 1.47 bits per heavy atom. The van der Waals surface area contributed by atoms with Crippen molar-refractivity contribution in [3.8, 4) is 0 Å². The minimum Gasteiger partial charge on any atom is -0.312 e. The third-order valence-corrected chi connectivity index (χ3v) is 2.62. The number of nitrogens with zero attached hydrogens (tertiary/aromatic N) is 1. The van der Waals surface area contributed by atoms with E-state index in [-0.39, 0.29) is 5.41 Å². The second-order valence-corrected chi connectivity index (χ2v) is 4.95. The van der Waals surface area contributed by atoms with E-state index in [9.17, 15) is 0 Å². The average molecular weight is 227 g/mol. The summed E-state index contributed by atoms with van der Waals surface area (Å²) in [7, 11) is 0. The average Bonchev–Trinajstić information content (AvgIpc) is 2.19. The molecule has 0 spiro atoms. The van der Waals surface area contributed by atoms with Crippen LogP contribution >= 0.6 is 11.6 Å². The van der Waals surface area contributed by atoms with Crippen molar-refractivity contribution >= 4 is 11.6 Å². The van der Waals surface area contributed by atoms with Crippen molar-refractivity contribution in [3.05, 3.63) is 30.1 Å². The van der Waals surface area contributed by atoms with Gasteiger partial charge >= 0.3 is 0 Å². The second-order valence-electron chi connectivity index (χ2n) is 4.57. The van der Waals surface area contributed by atoms with E-state index >= 15 is 0 Å². The summed E-state index contributed by atoms with van der Waals surface area (Å²) in [4.78, 5) is 4.07. The summed E-state index contributed by atoms with van der Waals surface area (Å²) in [5.41, 5.74) is 1.49. The van der Waals surface area contributed by atoms with Gasteiger partial charge in [-0.05, 0) is 23.5 Å². The number of halogens is 1. The Labute approximate surface area is 97.1 Å². The summed E-state index contributed by atoms with van der Waals surface area (Å²) in [5, 5.41) is 3.43. The van der Waals surface area contributed by atoms with E-state index in [1.54, 1.807) is 6.20 Å². The molecule has 1 heterocycles. The van der Waals surface area contributed by atoms with E-state index in [0.717, 1.165) is 25.4 Å². The number of pyridine rings is 1. The highest BCUT2D eigenvalue weighted by molar-refractivity contribution is 6.17. The zero-order valence-electron chi connectivity index (χ0n) is 9.46. The monoisotopic (exact) mass is 226 g/mol. The molecule has 1 rings (SSSR count). The first-order chi connectivity index (χ1) is 7.14. The number of hydrogen-bond donors (Lipinski definition) is 1. The van der Waals surface area contributed by atoms with Crippen molar-refractivity contribution < 1.29 is 0 Å². The Morgan fingerprint density at radius 2 is 2.27 bits per heavy atom. The fourth-order valence-corrected chi connectivity index (χ4v) is 1.90. The normalized spacial score (nSPS) is 11.7. The summed E-state index contributed by atoms with van der Waals surface area (Å²) in [5.74, 6) is 0.724. The quantitative estimate of drug-likeness (QED) is 0.755. The topological polar surface area (TPSA) is 24.9 Å². The lowest BCUT2D eigenvalue weighted by Gasteiger charge is -2.23. The molecule has 0 aliphatic heterocycles. The third-order valence-electron chi connectivity index (χ3n) is 2.43. The molecular formula is C12H19ClN2. The molecule has 0 atom stereocenters. The van der Waals surface area contributed by atoms with Crippen molar-refractivity contribution in [2.75, 3.05) is 12.4 Å². The Hall–Kier alpha value is -0.600. The minimum absolute atomic E-state index is 0.268. The molecule has 0 aromatic carbocycles. The van der Waals surface area contributed by atoms with Gasteiger partial charge in [-0.2, -0.15) is 0 Å². The van der Waals surface area contributed by atoms with Crippen molar-refractivity contribution in [2.24, 2.45) is 5.41 Å². The number of aromatic nitrogens is 1. The molecule has 0 unspecified atom stereocenters. The first-order valence-corrected chi connectivity index (χ1v) is 5.83. The smallest absolute Gasteiger partial charge is 0.0312 e. The molecular weight excluding hydrogens is 208 g/mol. The molecule has 84 valence electrons. The van der Waals surface area contributed by atoms with E-state index < -0.39 is 0 Å². The predicted octanol–water partition coefficient (Wildman–Crippen LogP) is 2.83. The van der Waals surface area contributed by atoms with Gasteiger partial charge in [0.05, 0.1) is 0 Å². The number of alkyl halides is 1. The Morgan fingerprint density at radius 3 is 2.87 bits per heavy atom. The van der Waals surface area contributed by atoms with Gasteiger partial charge in [0.1, 0.15) is 0 Å². The molecule has 0 radical (unpaired) electrons. The van der Waals surface area contributed by atoms with Gasteiger partial charge in [0, 0.05) is 31.4 Å². The van der Waals surface area contributed by atoms with Crippen molar-refractivity contribution in [3.63, 3.8) is 0 Å². The van der Waals surface area contributed by atoms with Gasteiger partial charge < -0.3 is 5.32 Å². The van der Waals surface area contributed by atoms with Crippen LogP contribution in [-0.4, -0.2) is 17.4 Å². The molecule has 0 amide bonds. The molecule has 3 heteroatoms. The van der Waals surface area contributed by atoms with Crippen LogP contribution in [0.3, 0.4) is 0 Å². The van der Waals surface area contributed by atoms with Gasteiger partial charge in [0.25, 0.3) is 0 Å². The van der Waals surface area contributed by atoms with Crippen LogP contribution in [0.4, 0.5) is 0 Å². The second kappa shape index (κ2) is 6.09. The zero-order chi connectivity index (χ0) is 11.1. The van der Waals surface area contributed by atoms with Gasteiger partial charge in [-0.1, -0.05) is 19.9 Å². The zero-order valence-corrected chi connectivity index (χ0v) is 10.2. The molecule has 0 saturated carbocycles. The molecule has 1 aromatic rings. The van der Waals surface area contributed by atoms with E-state index in [2.05, 4.69) is 30.2 Å². The largest absolute Gasteiger partial charge is 0.312 e. The van der Waals surface area contributed by atoms with Gasteiger partial charge in [0.2, 0.25) is 0 Å². The van der Waals surface area contributed by atoms with E-state index in [1.807, 2.05) is 12.3 Å². The first kappa shape index (κ1) is 12.5. The summed E-state index contributed by atoms with van der Waals surface area (Å²) < 4.78 is 0. The summed E-state index contributed by atoms with van der Waals surface area (Å²) >= 11 is 5.74. The molecule has 1 aromatic heterocycles. The highest BCUT2D eigenvalue weighted by Crippen LogP contribution is 2.19. The SMILES string of the molecule is CC(C)(CCCl)CNCc1cccnc1. The Balaban J connectivity index is 2.27. The van der Waals surface area contributed by atoms with Crippen LogP contribution in [0.25, 0.3) is 0 Å². The van der Waals surface area contributed by atoms with Gasteiger partial charge in [-0.25, -0.2) is 0 Å². The molecule has 1 N–H and O–H groups in total. The maximum atomic E-state index is 5.74. The highest BCUT2D eigenvalue weighted by Gasteiger charge is 2.15. The van der Waals surface area contributed by atoms with Crippen LogP contribution < -0.4 is 5.32 Å². The summed E-state index contributed by atoms with van der Waals surface area (Å²) in [6.07, 6.45) is 4.72. The predicted molar refractivity (Wildman–Crippen MR) is 65.1 cm³/mol. The van der Waals surface area contributed by atoms with E-state index in [4.69, 9.17) is 11.6 Å². The minimum atomic E-state index is 0.268. The lowest BCUT2D eigenvalue weighted by molar-refractivity contribution is 0.329. The Bertz CT molecular complexity index is 272. The number of hydrogen-bond acceptors (Lipinski definition) is 2. The fraction of sp³-hybridized carbons (Fsp3) is 0.583. The summed E-state index contributed by atoms with van der Waals surface area (Å²) in [6, 6.07) is 4.04. The first-order valence-electron chi connectivity index (χ1n) is 5.30. The molecule has 0 aliphatic carbocycles. The van der Waals surface area contributed by atoms with Crippen molar-refractivity contribution in [1.82, 2.24) is 10.3 Å². The molecule has 0 bridgehead atoms. The number of nitrogens with one attached hydrogen (secondary N) is 1. The van der Waals surface area contributed by atoms with Crippen molar-refractivity contribution in [2.45, 2.75) is 26.8 Å². The van der Waals surface area contributed by atoms with E-state index in [1.165, 1.54) is 5.56 Å². The standard InChI is InChI=1S/C12H19ClN2/c1-12(2,5-6-13)10-15-9-11-4-3-7-14-8-11/h3-4,7-8,15H,5-6,9-10H2,1-2H3. The van der Waals surface area contributed by atoms with Crippen LogP contribution in [0.5, 0.6) is 0 Å². The van der Waals surface area contributed by atoms with Crippen LogP contribution in [-0.2, 0) is 6.54 Å². The van der Waals surface area contributed by atoms with Crippen molar-refractivity contribution in [1.29, 1.82) is 0 Å². The lowest BCUT2D eigenvalue weighted by atomic mass is 9.90. The van der Waals surface area contributed by atoms with Gasteiger partial charge in [-0.15, -0.1) is 11.6 Å². The van der Waals surface area contributed by atoms with Gasteiger partial charge in [0.15, 0.2) is 0 Å². The maximum absolute atomic E-state index is 5.74. The van der Waals surface area contributed by atoms with Crippen LogP contribution in [0.2, 0.25) is 0 Å². The maximum Gasteiger partial charge on any atom is 0.0312 e. The van der Waals surface area contributed by atoms with Crippen LogP contribution in [0.15, 0.2) is 24.5 Å². The lowest BCUT2D eigenvalue weighted by Crippen LogP contribution is -2.29. The number of rotatable bonds is 6. The highest BCUT2D eigenvalue weighted by atomic mass is 35.5. The van der Waals surface area contributed by atoms with Crippen LogP contribution in [0.1, 0.15) is 25.8 Å². The van der Waals surface area contributed by atoms with Crippen LogP contribution in [0, 0.1) is 5.41 Å². The van der Waals surface area contributed by atoms with E-state index in [0.29, 0.717) is 0 Å². The molecule has 0 aliphatic rings. The third kappa shape index (κ3) is 5.14. The molecule has 0 saturated heterocycles. The van der Waals surface area contributed by atoms with Gasteiger partial charge in [-0.3, -0.25) is 4.98 Å². The fourth-order valence-electron chi connectivity index (χ4n) is 1.39. The Kier molecular flexibility index (Phi) is 5.06. The molecule has 0 fully saturated rings. The molecule has 2 nitrogen and oxygen atoms in total.